The standard InChI is InChI=1S/C17H23NS/c1-13(2)17(15-8-5-4-6-9-15)18-14(3)12-16-10-7-11-19-16/h4-11,13-14,17-18H,12H2,1-3H3. The van der Waals surface area contributed by atoms with Crippen molar-refractivity contribution in [2.75, 3.05) is 0 Å². The Labute approximate surface area is 120 Å². The second-order valence-electron chi connectivity index (χ2n) is 5.48. The van der Waals surface area contributed by atoms with Gasteiger partial charge in [-0.3, -0.25) is 0 Å². The van der Waals surface area contributed by atoms with E-state index in [1.165, 1.54) is 10.4 Å². The van der Waals surface area contributed by atoms with E-state index in [0.717, 1.165) is 6.42 Å². The molecule has 2 unspecified atom stereocenters. The quantitative estimate of drug-likeness (QED) is 0.806. The molecule has 0 aliphatic rings. The summed E-state index contributed by atoms with van der Waals surface area (Å²) in [5, 5.41) is 5.93. The van der Waals surface area contributed by atoms with Crippen LogP contribution in [0, 0.1) is 5.92 Å². The summed E-state index contributed by atoms with van der Waals surface area (Å²) in [7, 11) is 0. The Morgan fingerprint density at radius 2 is 1.74 bits per heavy atom. The van der Waals surface area contributed by atoms with E-state index in [0.29, 0.717) is 18.0 Å². The molecule has 2 atom stereocenters. The molecule has 0 aliphatic carbocycles. The maximum Gasteiger partial charge on any atom is 0.0345 e. The van der Waals surface area contributed by atoms with Gasteiger partial charge in [-0.15, -0.1) is 11.3 Å². The fraction of sp³-hybridized carbons (Fsp3) is 0.412. The Morgan fingerprint density at radius 1 is 1.00 bits per heavy atom. The van der Waals surface area contributed by atoms with E-state index in [2.05, 4.69) is 73.9 Å². The van der Waals surface area contributed by atoms with Crippen LogP contribution in [0.15, 0.2) is 47.8 Å². The molecule has 0 radical (unpaired) electrons. The Hall–Kier alpha value is -1.12. The van der Waals surface area contributed by atoms with Crippen LogP contribution < -0.4 is 5.32 Å². The van der Waals surface area contributed by atoms with Gasteiger partial charge in [0, 0.05) is 17.0 Å². The first-order valence-corrected chi connectivity index (χ1v) is 7.88. The number of hydrogen-bond acceptors (Lipinski definition) is 2. The lowest BCUT2D eigenvalue weighted by Gasteiger charge is -2.27. The molecule has 2 heteroatoms. The third-order valence-corrected chi connectivity index (χ3v) is 4.28. The van der Waals surface area contributed by atoms with Crippen LogP contribution in [0.3, 0.4) is 0 Å². The van der Waals surface area contributed by atoms with Gasteiger partial charge in [0.15, 0.2) is 0 Å². The van der Waals surface area contributed by atoms with Crippen molar-refractivity contribution in [1.29, 1.82) is 0 Å². The molecule has 19 heavy (non-hydrogen) atoms. The summed E-state index contributed by atoms with van der Waals surface area (Å²) < 4.78 is 0. The largest absolute Gasteiger partial charge is 0.307 e. The first kappa shape index (κ1) is 14.3. The Morgan fingerprint density at radius 3 is 2.32 bits per heavy atom. The van der Waals surface area contributed by atoms with Gasteiger partial charge in [0.05, 0.1) is 0 Å². The first-order valence-electron chi connectivity index (χ1n) is 7.00. The minimum absolute atomic E-state index is 0.427. The van der Waals surface area contributed by atoms with E-state index >= 15 is 0 Å². The molecule has 1 N–H and O–H groups in total. The number of nitrogens with one attached hydrogen (secondary N) is 1. The maximum atomic E-state index is 3.78. The Kier molecular flexibility index (Phi) is 5.17. The molecule has 102 valence electrons. The number of benzene rings is 1. The van der Waals surface area contributed by atoms with Gasteiger partial charge in [0.2, 0.25) is 0 Å². The molecule has 0 spiro atoms. The second-order valence-corrected chi connectivity index (χ2v) is 6.52. The summed E-state index contributed by atoms with van der Waals surface area (Å²) in [6.45, 7) is 6.84. The normalized spacial score (nSPS) is 14.5. The molecule has 1 nitrogen and oxygen atoms in total. The molecule has 0 aliphatic heterocycles. The van der Waals surface area contributed by atoms with Crippen molar-refractivity contribution in [1.82, 2.24) is 5.32 Å². The molecule has 0 bridgehead atoms. The highest BCUT2D eigenvalue weighted by molar-refractivity contribution is 7.09. The summed E-state index contributed by atoms with van der Waals surface area (Å²) >= 11 is 1.84. The van der Waals surface area contributed by atoms with E-state index in [-0.39, 0.29) is 0 Å². The van der Waals surface area contributed by atoms with Crippen molar-refractivity contribution in [3.05, 3.63) is 58.3 Å². The lowest BCUT2D eigenvalue weighted by Crippen LogP contribution is -2.34. The van der Waals surface area contributed by atoms with Crippen molar-refractivity contribution in [3.63, 3.8) is 0 Å². The van der Waals surface area contributed by atoms with E-state index in [1.807, 2.05) is 11.3 Å². The third-order valence-electron chi connectivity index (χ3n) is 3.38. The molecular weight excluding hydrogens is 250 g/mol. The van der Waals surface area contributed by atoms with Crippen molar-refractivity contribution < 1.29 is 0 Å². The molecule has 1 heterocycles. The van der Waals surface area contributed by atoms with Crippen LogP contribution in [0.25, 0.3) is 0 Å². The number of rotatable bonds is 6. The minimum atomic E-state index is 0.427. The SMILES string of the molecule is CC(Cc1cccs1)NC(c1ccccc1)C(C)C. The van der Waals surface area contributed by atoms with Gasteiger partial charge in [-0.05, 0) is 36.3 Å². The van der Waals surface area contributed by atoms with Crippen LogP contribution in [0.4, 0.5) is 0 Å². The van der Waals surface area contributed by atoms with Crippen LogP contribution in [-0.4, -0.2) is 6.04 Å². The summed E-state index contributed by atoms with van der Waals surface area (Å²) in [4.78, 5) is 1.45. The fourth-order valence-electron chi connectivity index (χ4n) is 2.43. The fourth-order valence-corrected chi connectivity index (χ4v) is 3.27. The molecular formula is C17H23NS. The summed E-state index contributed by atoms with van der Waals surface area (Å²) in [5.74, 6) is 0.591. The number of thiophene rings is 1. The van der Waals surface area contributed by atoms with E-state index < -0.39 is 0 Å². The third kappa shape index (κ3) is 4.19. The van der Waals surface area contributed by atoms with Gasteiger partial charge in [0.25, 0.3) is 0 Å². The highest BCUT2D eigenvalue weighted by Gasteiger charge is 2.17. The Balaban J connectivity index is 2.01. The van der Waals surface area contributed by atoms with Crippen LogP contribution in [-0.2, 0) is 6.42 Å². The minimum Gasteiger partial charge on any atom is -0.307 e. The van der Waals surface area contributed by atoms with Crippen molar-refractivity contribution >= 4 is 11.3 Å². The zero-order valence-electron chi connectivity index (χ0n) is 12.0. The second kappa shape index (κ2) is 6.88. The average molecular weight is 273 g/mol. The zero-order chi connectivity index (χ0) is 13.7. The summed E-state index contributed by atoms with van der Waals surface area (Å²) in [6, 6.07) is 16.0. The molecule has 0 saturated heterocycles. The molecule has 1 aromatic carbocycles. The van der Waals surface area contributed by atoms with Gasteiger partial charge in [-0.25, -0.2) is 0 Å². The van der Waals surface area contributed by atoms with Gasteiger partial charge in [-0.2, -0.15) is 0 Å². The van der Waals surface area contributed by atoms with Gasteiger partial charge in [0.1, 0.15) is 0 Å². The predicted octanol–water partition coefficient (Wildman–Crippen LogP) is 4.67. The molecule has 2 aromatic rings. The highest BCUT2D eigenvalue weighted by Crippen LogP contribution is 2.23. The zero-order valence-corrected chi connectivity index (χ0v) is 12.8. The van der Waals surface area contributed by atoms with Gasteiger partial charge < -0.3 is 5.32 Å². The lowest BCUT2D eigenvalue weighted by molar-refractivity contribution is 0.369. The van der Waals surface area contributed by atoms with Crippen molar-refractivity contribution in [2.45, 2.75) is 39.3 Å². The average Bonchev–Trinajstić information content (AvgIpc) is 2.89. The van der Waals surface area contributed by atoms with Crippen LogP contribution >= 0.6 is 11.3 Å². The monoisotopic (exact) mass is 273 g/mol. The molecule has 0 saturated carbocycles. The summed E-state index contributed by atoms with van der Waals surface area (Å²) in [6.07, 6.45) is 1.10. The van der Waals surface area contributed by atoms with Crippen molar-refractivity contribution in [3.8, 4) is 0 Å². The Bertz CT molecular complexity index is 461. The van der Waals surface area contributed by atoms with E-state index in [9.17, 15) is 0 Å². The molecule has 0 amide bonds. The summed E-state index contributed by atoms with van der Waals surface area (Å²) in [5.41, 5.74) is 1.38. The van der Waals surface area contributed by atoms with Gasteiger partial charge >= 0.3 is 0 Å². The highest BCUT2D eigenvalue weighted by atomic mass is 32.1. The predicted molar refractivity (Wildman–Crippen MR) is 84.6 cm³/mol. The van der Waals surface area contributed by atoms with E-state index in [1.54, 1.807) is 0 Å². The molecule has 1 aromatic heterocycles. The smallest absolute Gasteiger partial charge is 0.0345 e. The number of hydrogen-bond donors (Lipinski definition) is 1. The topological polar surface area (TPSA) is 12.0 Å². The van der Waals surface area contributed by atoms with Crippen LogP contribution in [0.2, 0.25) is 0 Å². The molecule has 2 rings (SSSR count). The van der Waals surface area contributed by atoms with E-state index in [4.69, 9.17) is 0 Å². The van der Waals surface area contributed by atoms with Crippen LogP contribution in [0.1, 0.15) is 37.3 Å². The lowest BCUT2D eigenvalue weighted by atomic mass is 9.95. The van der Waals surface area contributed by atoms with Gasteiger partial charge in [-0.1, -0.05) is 50.2 Å². The maximum absolute atomic E-state index is 3.78. The van der Waals surface area contributed by atoms with Crippen molar-refractivity contribution in [2.24, 2.45) is 5.92 Å². The van der Waals surface area contributed by atoms with Crippen LogP contribution in [0.5, 0.6) is 0 Å². The molecule has 0 fully saturated rings. The first-order chi connectivity index (χ1) is 9.16.